The molecule has 0 saturated heterocycles. The van der Waals surface area contributed by atoms with Crippen molar-refractivity contribution in [2.24, 2.45) is 4.99 Å². The van der Waals surface area contributed by atoms with Gasteiger partial charge in [0, 0.05) is 23.4 Å². The van der Waals surface area contributed by atoms with Crippen LogP contribution in [0.5, 0.6) is 0 Å². The molecule has 0 spiro atoms. The zero-order chi connectivity index (χ0) is 16.4. The highest BCUT2D eigenvalue weighted by Crippen LogP contribution is 2.21. The predicted octanol–water partition coefficient (Wildman–Crippen LogP) is 2.99. The number of cyclic esters (lactones) is 1. The van der Waals surface area contributed by atoms with Crippen LogP contribution in [0.25, 0.3) is 6.08 Å². The Morgan fingerprint density at radius 2 is 2.09 bits per heavy atom. The third-order valence-electron chi connectivity index (χ3n) is 2.95. The lowest BCUT2D eigenvalue weighted by molar-refractivity contribution is -0.384. The molecule has 2 aromatic rings. The third kappa shape index (κ3) is 3.24. The molecule has 1 aromatic heterocycles. The molecule has 0 fully saturated rings. The summed E-state index contributed by atoms with van der Waals surface area (Å²) in [5.74, 6) is -0.623. The van der Waals surface area contributed by atoms with Gasteiger partial charge in [0.2, 0.25) is 5.90 Å². The van der Waals surface area contributed by atoms with Gasteiger partial charge in [0.25, 0.3) is 5.69 Å². The maximum Gasteiger partial charge on any atom is 0.363 e. The normalized spacial score (nSPS) is 15.4. The van der Waals surface area contributed by atoms with Crippen molar-refractivity contribution >= 4 is 35.2 Å². The summed E-state index contributed by atoms with van der Waals surface area (Å²) in [6.45, 7) is 0. The second-order valence-electron chi connectivity index (χ2n) is 4.55. The maximum atomic E-state index is 11.9. The van der Waals surface area contributed by atoms with Crippen LogP contribution in [-0.4, -0.2) is 21.8 Å². The quantitative estimate of drug-likeness (QED) is 0.373. The lowest BCUT2D eigenvalue weighted by Crippen LogP contribution is -2.07. The van der Waals surface area contributed by atoms with Gasteiger partial charge in [-0.3, -0.25) is 15.1 Å². The van der Waals surface area contributed by atoms with Crippen molar-refractivity contribution in [3.63, 3.8) is 0 Å². The number of ether oxygens (including phenoxy) is 1. The Hall–Kier alpha value is -3.06. The first-order valence-corrected chi connectivity index (χ1v) is 6.80. The highest BCUT2D eigenvalue weighted by atomic mass is 35.5. The molecule has 0 amide bonds. The summed E-state index contributed by atoms with van der Waals surface area (Å²) >= 11 is 5.86. The number of aromatic nitrogens is 1. The molecule has 114 valence electrons. The van der Waals surface area contributed by atoms with Crippen molar-refractivity contribution in [1.29, 1.82) is 0 Å². The van der Waals surface area contributed by atoms with Crippen LogP contribution in [0, 0.1) is 10.1 Å². The van der Waals surface area contributed by atoms with Crippen molar-refractivity contribution in [1.82, 2.24) is 4.98 Å². The van der Waals surface area contributed by atoms with Gasteiger partial charge in [0.05, 0.1) is 4.92 Å². The van der Waals surface area contributed by atoms with Crippen molar-refractivity contribution in [3.8, 4) is 0 Å². The molecule has 3 rings (SSSR count). The van der Waals surface area contributed by atoms with Crippen LogP contribution in [0.2, 0.25) is 5.02 Å². The summed E-state index contributed by atoms with van der Waals surface area (Å²) in [7, 11) is 0. The van der Waals surface area contributed by atoms with Gasteiger partial charge in [0.1, 0.15) is 5.69 Å². The lowest BCUT2D eigenvalue weighted by atomic mass is 10.2. The van der Waals surface area contributed by atoms with Gasteiger partial charge in [0.15, 0.2) is 5.70 Å². The minimum absolute atomic E-state index is 0.0299. The van der Waals surface area contributed by atoms with E-state index in [1.807, 2.05) is 0 Å². The second-order valence-corrected chi connectivity index (χ2v) is 4.98. The number of halogens is 1. The van der Waals surface area contributed by atoms with E-state index in [1.54, 1.807) is 12.1 Å². The van der Waals surface area contributed by atoms with E-state index in [0.717, 1.165) is 0 Å². The Bertz CT molecular complexity index is 877. The molecule has 1 aromatic carbocycles. The molecule has 0 atom stereocenters. The van der Waals surface area contributed by atoms with Crippen LogP contribution in [0.4, 0.5) is 5.69 Å². The lowest BCUT2D eigenvalue weighted by Gasteiger charge is -1.97. The van der Waals surface area contributed by atoms with Crippen LogP contribution < -0.4 is 0 Å². The zero-order valence-corrected chi connectivity index (χ0v) is 12.2. The minimum Gasteiger partial charge on any atom is -0.400 e. The summed E-state index contributed by atoms with van der Waals surface area (Å²) in [4.78, 5) is 30.2. The fourth-order valence-corrected chi connectivity index (χ4v) is 2.09. The van der Waals surface area contributed by atoms with E-state index in [0.29, 0.717) is 16.3 Å². The van der Waals surface area contributed by atoms with E-state index in [-0.39, 0.29) is 17.3 Å². The van der Waals surface area contributed by atoms with E-state index in [4.69, 9.17) is 16.3 Å². The van der Waals surface area contributed by atoms with Gasteiger partial charge in [-0.1, -0.05) is 23.7 Å². The van der Waals surface area contributed by atoms with E-state index < -0.39 is 10.9 Å². The molecule has 2 heterocycles. The average molecular weight is 330 g/mol. The Morgan fingerprint density at radius 1 is 1.26 bits per heavy atom. The van der Waals surface area contributed by atoms with Crippen LogP contribution in [-0.2, 0) is 9.53 Å². The molecule has 0 saturated carbocycles. The molecule has 0 unspecified atom stereocenters. The number of esters is 1. The van der Waals surface area contributed by atoms with E-state index in [2.05, 4.69) is 9.98 Å². The number of carbonyl (C=O) groups is 1. The largest absolute Gasteiger partial charge is 0.400 e. The number of non-ortho nitro benzene ring substituents is 1. The number of nitro groups is 1. The van der Waals surface area contributed by atoms with Crippen molar-refractivity contribution in [2.75, 3.05) is 0 Å². The molecule has 7 nitrogen and oxygen atoms in total. The molecule has 0 aliphatic carbocycles. The van der Waals surface area contributed by atoms with Gasteiger partial charge < -0.3 is 4.74 Å². The fourth-order valence-electron chi connectivity index (χ4n) is 1.93. The van der Waals surface area contributed by atoms with E-state index >= 15 is 0 Å². The minimum atomic E-state index is -0.659. The van der Waals surface area contributed by atoms with Gasteiger partial charge in [-0.05, 0) is 23.8 Å². The first kappa shape index (κ1) is 14.9. The summed E-state index contributed by atoms with van der Waals surface area (Å²) in [6.07, 6.45) is 2.88. The van der Waals surface area contributed by atoms with Gasteiger partial charge in [-0.15, -0.1) is 0 Å². The average Bonchev–Trinajstić information content (AvgIpc) is 2.89. The van der Waals surface area contributed by atoms with Gasteiger partial charge in [-0.25, -0.2) is 9.79 Å². The fraction of sp³-hybridized carbons (Fsp3) is 0. The number of nitrogens with zero attached hydrogens (tertiary/aromatic N) is 3. The molecule has 0 radical (unpaired) electrons. The zero-order valence-electron chi connectivity index (χ0n) is 11.5. The van der Waals surface area contributed by atoms with Crippen LogP contribution >= 0.6 is 11.6 Å². The Morgan fingerprint density at radius 3 is 2.83 bits per heavy atom. The first-order valence-electron chi connectivity index (χ1n) is 6.42. The smallest absolute Gasteiger partial charge is 0.363 e. The third-order valence-corrected chi connectivity index (χ3v) is 3.18. The van der Waals surface area contributed by atoms with Gasteiger partial charge >= 0.3 is 5.97 Å². The summed E-state index contributed by atoms with van der Waals surface area (Å²) in [5.41, 5.74) is 0.747. The van der Waals surface area contributed by atoms with Crippen LogP contribution in [0.1, 0.15) is 11.3 Å². The number of hydrogen-bond acceptors (Lipinski definition) is 6. The van der Waals surface area contributed by atoms with E-state index in [1.165, 1.54) is 36.5 Å². The molecule has 0 bridgehead atoms. The predicted molar refractivity (Wildman–Crippen MR) is 82.9 cm³/mol. The highest BCUT2D eigenvalue weighted by Gasteiger charge is 2.25. The number of rotatable bonds is 3. The SMILES string of the molecule is O=C1OC(c2cc(Cl)ccn2)=N/C1=C\c1cccc([N+](=O)[O-])c1. The van der Waals surface area contributed by atoms with E-state index in [9.17, 15) is 14.9 Å². The van der Waals surface area contributed by atoms with Crippen molar-refractivity contribution < 1.29 is 14.5 Å². The summed E-state index contributed by atoms with van der Waals surface area (Å²) in [5, 5.41) is 11.2. The molecule has 1 aliphatic heterocycles. The number of nitro benzene ring substituents is 1. The number of aliphatic imine (C=N–C) groups is 1. The number of carbonyl (C=O) groups excluding carboxylic acids is 1. The maximum absolute atomic E-state index is 11.9. The molecule has 0 N–H and O–H groups in total. The summed E-state index contributed by atoms with van der Waals surface area (Å²) < 4.78 is 5.05. The molecule has 8 heteroatoms. The topological polar surface area (TPSA) is 94.7 Å². The van der Waals surface area contributed by atoms with Crippen molar-refractivity contribution in [2.45, 2.75) is 0 Å². The monoisotopic (exact) mass is 329 g/mol. The number of hydrogen-bond donors (Lipinski definition) is 0. The highest BCUT2D eigenvalue weighted by molar-refractivity contribution is 6.31. The van der Waals surface area contributed by atoms with Crippen molar-refractivity contribution in [3.05, 3.63) is 74.7 Å². The number of benzene rings is 1. The van der Waals surface area contributed by atoms with Gasteiger partial charge in [-0.2, -0.15) is 0 Å². The molecule has 1 aliphatic rings. The Balaban J connectivity index is 1.95. The Labute approximate surface area is 135 Å². The molecular weight excluding hydrogens is 322 g/mol. The number of pyridine rings is 1. The summed E-state index contributed by atoms with van der Waals surface area (Å²) in [6, 6.07) is 8.95. The first-order chi connectivity index (χ1) is 11.0. The second kappa shape index (κ2) is 5.98. The molecule has 23 heavy (non-hydrogen) atoms. The Kier molecular flexibility index (Phi) is 3.86. The van der Waals surface area contributed by atoms with Crippen LogP contribution in [0.15, 0.2) is 53.3 Å². The molecular formula is C15H8ClN3O4. The standard InChI is InChI=1S/C15H8ClN3O4/c16-10-4-5-17-12(8-10)14-18-13(15(20)23-14)7-9-2-1-3-11(6-9)19(21)22/h1-8H/b13-7-. The van der Waals surface area contributed by atoms with Crippen LogP contribution in [0.3, 0.4) is 0 Å².